The van der Waals surface area contributed by atoms with Crippen molar-refractivity contribution in [3.8, 4) is 17.0 Å². The molecule has 0 unspecified atom stereocenters. The Bertz CT molecular complexity index is 960. The molecule has 1 fully saturated rings. The van der Waals surface area contributed by atoms with Gasteiger partial charge in [-0.3, -0.25) is 9.78 Å². The molecule has 0 saturated carbocycles. The number of carbonyl (C=O) groups excluding carboxylic acids is 1. The molecule has 3 aromatic rings. The van der Waals surface area contributed by atoms with Gasteiger partial charge in [-0.1, -0.05) is 23.7 Å². The second-order valence-electron chi connectivity index (χ2n) is 6.61. The summed E-state index contributed by atoms with van der Waals surface area (Å²) in [4.78, 5) is 20.5. The van der Waals surface area contributed by atoms with E-state index >= 15 is 0 Å². The van der Waals surface area contributed by atoms with Crippen molar-refractivity contribution in [2.75, 3.05) is 37.7 Å². The molecule has 4 rings (SSSR count). The Morgan fingerprint density at radius 1 is 1.00 bits per heavy atom. The standard InChI is InChI=1S/C21H20ClN5O2/c22-17-5-1-2-6-19(17)29-15-21(28)27-12-10-26(11-13-27)20-8-7-18(24-25-20)16-4-3-9-23-14-16/h1-9,14H,10-13,15H2. The Morgan fingerprint density at radius 2 is 1.83 bits per heavy atom. The maximum atomic E-state index is 12.4. The number of ether oxygens (including phenoxy) is 1. The SMILES string of the molecule is O=C(COc1ccccc1Cl)N1CCN(c2ccc(-c3cccnc3)nn2)CC1. The van der Waals surface area contributed by atoms with Crippen molar-refractivity contribution < 1.29 is 9.53 Å². The molecule has 8 heteroatoms. The van der Waals surface area contributed by atoms with E-state index in [1.54, 1.807) is 29.4 Å². The molecule has 29 heavy (non-hydrogen) atoms. The normalized spacial score (nSPS) is 14.0. The van der Waals surface area contributed by atoms with Crippen molar-refractivity contribution >= 4 is 23.3 Å². The molecule has 1 saturated heterocycles. The lowest BCUT2D eigenvalue weighted by Gasteiger charge is -2.35. The predicted octanol–water partition coefficient (Wildman–Crippen LogP) is 2.92. The molecule has 148 valence electrons. The van der Waals surface area contributed by atoms with Crippen LogP contribution in [0.1, 0.15) is 0 Å². The summed E-state index contributed by atoms with van der Waals surface area (Å²) in [5, 5.41) is 9.14. The van der Waals surface area contributed by atoms with E-state index in [1.807, 2.05) is 36.4 Å². The van der Waals surface area contributed by atoms with Crippen LogP contribution in [0.3, 0.4) is 0 Å². The number of hydrogen-bond donors (Lipinski definition) is 0. The molecule has 3 heterocycles. The van der Waals surface area contributed by atoms with Crippen molar-refractivity contribution in [3.63, 3.8) is 0 Å². The topological polar surface area (TPSA) is 71.5 Å². The van der Waals surface area contributed by atoms with Crippen LogP contribution in [-0.4, -0.2) is 58.8 Å². The van der Waals surface area contributed by atoms with E-state index < -0.39 is 0 Å². The molecule has 1 amide bonds. The number of anilines is 1. The summed E-state index contributed by atoms with van der Waals surface area (Å²) in [6.45, 7) is 2.58. The van der Waals surface area contributed by atoms with Crippen molar-refractivity contribution in [2.24, 2.45) is 0 Å². The fraction of sp³-hybridized carbons (Fsp3) is 0.238. The van der Waals surface area contributed by atoms with Gasteiger partial charge in [0.25, 0.3) is 5.91 Å². The quantitative estimate of drug-likeness (QED) is 0.645. The summed E-state index contributed by atoms with van der Waals surface area (Å²) in [6, 6.07) is 14.8. The fourth-order valence-electron chi connectivity index (χ4n) is 3.14. The van der Waals surface area contributed by atoms with Gasteiger partial charge in [-0.05, 0) is 36.4 Å². The number of aromatic nitrogens is 3. The predicted molar refractivity (Wildman–Crippen MR) is 111 cm³/mol. The second kappa shape index (κ2) is 8.87. The van der Waals surface area contributed by atoms with Crippen molar-refractivity contribution in [3.05, 3.63) is 65.9 Å². The highest BCUT2D eigenvalue weighted by Gasteiger charge is 2.22. The van der Waals surface area contributed by atoms with Gasteiger partial charge >= 0.3 is 0 Å². The first-order valence-corrected chi connectivity index (χ1v) is 9.73. The number of pyridine rings is 1. The average Bonchev–Trinajstić information content (AvgIpc) is 2.79. The minimum Gasteiger partial charge on any atom is -0.482 e. The van der Waals surface area contributed by atoms with Crippen LogP contribution in [0.5, 0.6) is 5.75 Å². The number of para-hydroxylation sites is 1. The minimum absolute atomic E-state index is 0.0245. The van der Waals surface area contributed by atoms with Gasteiger partial charge in [0.2, 0.25) is 0 Å². The van der Waals surface area contributed by atoms with E-state index in [0.717, 1.165) is 17.1 Å². The Balaban J connectivity index is 1.30. The number of rotatable bonds is 5. The first-order valence-electron chi connectivity index (χ1n) is 9.35. The van der Waals surface area contributed by atoms with Gasteiger partial charge in [0.1, 0.15) is 5.75 Å². The maximum Gasteiger partial charge on any atom is 0.260 e. The summed E-state index contributed by atoms with van der Waals surface area (Å²) >= 11 is 6.06. The van der Waals surface area contributed by atoms with Crippen molar-refractivity contribution in [1.29, 1.82) is 0 Å². The van der Waals surface area contributed by atoms with Gasteiger partial charge in [0.15, 0.2) is 12.4 Å². The van der Waals surface area contributed by atoms with Gasteiger partial charge in [0.05, 0.1) is 10.7 Å². The van der Waals surface area contributed by atoms with Crippen LogP contribution in [0.25, 0.3) is 11.3 Å². The van der Waals surface area contributed by atoms with E-state index in [0.29, 0.717) is 37.0 Å². The zero-order chi connectivity index (χ0) is 20.1. The Kier molecular flexibility index (Phi) is 5.86. The number of hydrogen-bond acceptors (Lipinski definition) is 6. The number of carbonyl (C=O) groups is 1. The number of amides is 1. The largest absolute Gasteiger partial charge is 0.482 e. The molecule has 0 spiro atoms. The molecular weight excluding hydrogens is 390 g/mol. The molecule has 1 aromatic carbocycles. The molecule has 1 aliphatic heterocycles. The highest BCUT2D eigenvalue weighted by atomic mass is 35.5. The number of piperazine rings is 1. The third-order valence-corrected chi connectivity index (χ3v) is 5.06. The summed E-state index contributed by atoms with van der Waals surface area (Å²) < 4.78 is 5.55. The molecule has 7 nitrogen and oxygen atoms in total. The lowest BCUT2D eigenvalue weighted by atomic mass is 10.2. The fourth-order valence-corrected chi connectivity index (χ4v) is 3.33. The summed E-state index contributed by atoms with van der Waals surface area (Å²) in [5.74, 6) is 1.27. The molecule has 0 N–H and O–H groups in total. The first kappa shape index (κ1) is 19.1. The molecule has 0 radical (unpaired) electrons. The molecule has 0 aliphatic carbocycles. The summed E-state index contributed by atoms with van der Waals surface area (Å²) in [7, 11) is 0. The second-order valence-corrected chi connectivity index (χ2v) is 7.01. The first-order chi connectivity index (χ1) is 14.2. The Morgan fingerprint density at radius 3 is 2.52 bits per heavy atom. The zero-order valence-electron chi connectivity index (χ0n) is 15.7. The molecule has 1 aliphatic rings. The van der Waals surface area contributed by atoms with Gasteiger partial charge in [-0.2, -0.15) is 0 Å². The summed E-state index contributed by atoms with van der Waals surface area (Å²) in [5.41, 5.74) is 1.72. The molecule has 2 aromatic heterocycles. The molecule has 0 atom stereocenters. The van der Waals surface area contributed by atoms with E-state index in [1.165, 1.54) is 0 Å². The smallest absolute Gasteiger partial charge is 0.260 e. The van der Waals surface area contributed by atoms with Crippen molar-refractivity contribution in [1.82, 2.24) is 20.1 Å². The van der Waals surface area contributed by atoms with Crippen molar-refractivity contribution in [2.45, 2.75) is 0 Å². The van der Waals surface area contributed by atoms with E-state index in [9.17, 15) is 4.79 Å². The van der Waals surface area contributed by atoms with Gasteiger partial charge < -0.3 is 14.5 Å². The Hall–Kier alpha value is -3.19. The third kappa shape index (κ3) is 4.63. The minimum atomic E-state index is -0.0532. The van der Waals surface area contributed by atoms with Crippen LogP contribution in [0.4, 0.5) is 5.82 Å². The van der Waals surface area contributed by atoms with Crippen LogP contribution >= 0.6 is 11.6 Å². The van der Waals surface area contributed by atoms with Crippen LogP contribution in [0, 0.1) is 0 Å². The lowest BCUT2D eigenvalue weighted by molar-refractivity contribution is -0.133. The molecular formula is C21H20ClN5O2. The highest BCUT2D eigenvalue weighted by Crippen LogP contribution is 2.23. The lowest BCUT2D eigenvalue weighted by Crippen LogP contribution is -2.50. The van der Waals surface area contributed by atoms with Gasteiger partial charge in [-0.15, -0.1) is 10.2 Å². The zero-order valence-corrected chi connectivity index (χ0v) is 16.5. The third-order valence-electron chi connectivity index (χ3n) is 4.75. The Labute approximate surface area is 173 Å². The van der Waals surface area contributed by atoms with E-state index in [4.69, 9.17) is 16.3 Å². The van der Waals surface area contributed by atoms with Crippen LogP contribution in [-0.2, 0) is 4.79 Å². The van der Waals surface area contributed by atoms with Crippen LogP contribution < -0.4 is 9.64 Å². The van der Waals surface area contributed by atoms with E-state index in [2.05, 4.69) is 20.1 Å². The average molecular weight is 410 g/mol. The van der Waals surface area contributed by atoms with Crippen LogP contribution in [0.15, 0.2) is 60.9 Å². The summed E-state index contributed by atoms with van der Waals surface area (Å²) in [6.07, 6.45) is 3.49. The van der Waals surface area contributed by atoms with E-state index in [-0.39, 0.29) is 12.5 Å². The van der Waals surface area contributed by atoms with Gasteiger partial charge in [-0.25, -0.2) is 0 Å². The number of nitrogens with zero attached hydrogens (tertiary/aromatic N) is 5. The van der Waals surface area contributed by atoms with Crippen LogP contribution in [0.2, 0.25) is 5.02 Å². The monoisotopic (exact) mass is 409 g/mol. The van der Waals surface area contributed by atoms with Gasteiger partial charge in [0, 0.05) is 44.1 Å². The maximum absolute atomic E-state index is 12.4. The molecule has 0 bridgehead atoms. The number of benzene rings is 1. The highest BCUT2D eigenvalue weighted by molar-refractivity contribution is 6.32. The number of halogens is 1.